The highest BCUT2D eigenvalue weighted by molar-refractivity contribution is 5.76. The third kappa shape index (κ3) is 12.4. The Hall–Kier alpha value is -1.06. The fraction of sp³-hybridized carbons (Fsp3) is 0.900. The van der Waals surface area contributed by atoms with Crippen LogP contribution in [-0.2, 0) is 9.59 Å². The summed E-state index contributed by atoms with van der Waals surface area (Å²) in [5.41, 5.74) is 0. The van der Waals surface area contributed by atoms with Crippen molar-refractivity contribution in [3.05, 3.63) is 0 Å². The van der Waals surface area contributed by atoms with Gasteiger partial charge in [-0.15, -0.1) is 0 Å². The molecule has 0 spiro atoms. The normalized spacial score (nSPS) is 10.7. The minimum atomic E-state index is 0.282. The second-order valence-corrected chi connectivity index (χ2v) is 6.96. The Labute approximate surface area is 150 Å². The van der Waals surface area contributed by atoms with Crippen LogP contribution >= 0.6 is 0 Å². The Morgan fingerprint density at radius 2 is 0.917 bits per heavy atom. The zero-order valence-corrected chi connectivity index (χ0v) is 16.6. The maximum atomic E-state index is 11.9. The Morgan fingerprint density at radius 1 is 0.583 bits per heavy atom. The zero-order chi connectivity index (χ0) is 18.2. The van der Waals surface area contributed by atoms with Crippen molar-refractivity contribution >= 4 is 11.8 Å². The average molecular weight is 341 g/mol. The van der Waals surface area contributed by atoms with Crippen molar-refractivity contribution in [2.24, 2.45) is 0 Å². The molecular weight excluding hydrogens is 300 g/mol. The summed E-state index contributed by atoms with van der Waals surface area (Å²) in [6, 6.07) is 0. The van der Waals surface area contributed by atoms with Crippen LogP contribution in [0.4, 0.5) is 0 Å². The molecule has 0 N–H and O–H groups in total. The smallest absolute Gasteiger partial charge is 0.222 e. The maximum absolute atomic E-state index is 11.9. The van der Waals surface area contributed by atoms with Gasteiger partial charge in [0.2, 0.25) is 11.8 Å². The molecule has 0 unspecified atom stereocenters. The number of carbonyl (C=O) groups is 2. The van der Waals surface area contributed by atoms with Crippen molar-refractivity contribution in [1.29, 1.82) is 0 Å². The van der Waals surface area contributed by atoms with Crippen LogP contribution in [0.3, 0.4) is 0 Å². The fourth-order valence-corrected chi connectivity index (χ4v) is 2.68. The van der Waals surface area contributed by atoms with Gasteiger partial charge in [0.05, 0.1) is 0 Å². The maximum Gasteiger partial charge on any atom is 0.222 e. The van der Waals surface area contributed by atoms with Crippen LogP contribution in [0.1, 0.15) is 90.9 Å². The van der Waals surface area contributed by atoms with Gasteiger partial charge >= 0.3 is 0 Å². The molecule has 24 heavy (non-hydrogen) atoms. The molecule has 142 valence electrons. The number of amides is 2. The summed E-state index contributed by atoms with van der Waals surface area (Å²) in [6.45, 7) is 6.07. The highest BCUT2D eigenvalue weighted by atomic mass is 16.2. The summed E-state index contributed by atoms with van der Waals surface area (Å²) in [6.07, 6.45) is 12.4. The highest BCUT2D eigenvalue weighted by Gasteiger charge is 2.08. The molecule has 0 rings (SSSR count). The number of hydrogen-bond acceptors (Lipinski definition) is 2. The van der Waals surface area contributed by atoms with Crippen molar-refractivity contribution in [3.8, 4) is 0 Å². The minimum Gasteiger partial charge on any atom is -0.346 e. The third-order valence-corrected chi connectivity index (χ3v) is 4.58. The number of unbranched alkanes of at least 4 members (excludes halogenated alkanes) is 7. The van der Waals surface area contributed by atoms with E-state index >= 15 is 0 Å². The average Bonchev–Trinajstić information content (AvgIpc) is 2.59. The van der Waals surface area contributed by atoms with Gasteiger partial charge in [0, 0.05) is 40.0 Å². The van der Waals surface area contributed by atoms with E-state index < -0.39 is 0 Å². The molecule has 4 heteroatoms. The fourth-order valence-electron chi connectivity index (χ4n) is 2.68. The van der Waals surface area contributed by atoms with E-state index in [-0.39, 0.29) is 11.8 Å². The first kappa shape index (κ1) is 22.9. The molecule has 0 fully saturated rings. The van der Waals surface area contributed by atoms with Gasteiger partial charge in [-0.25, -0.2) is 0 Å². The highest BCUT2D eigenvalue weighted by Crippen LogP contribution is 2.10. The van der Waals surface area contributed by atoms with Crippen LogP contribution in [0.5, 0.6) is 0 Å². The molecule has 0 saturated heterocycles. The van der Waals surface area contributed by atoms with Crippen LogP contribution in [0.2, 0.25) is 0 Å². The first-order valence-electron chi connectivity index (χ1n) is 10.0. The van der Waals surface area contributed by atoms with E-state index in [9.17, 15) is 9.59 Å². The largest absolute Gasteiger partial charge is 0.346 e. The van der Waals surface area contributed by atoms with Gasteiger partial charge in [-0.1, -0.05) is 52.4 Å². The summed E-state index contributed by atoms with van der Waals surface area (Å²) in [7, 11) is 3.82. The third-order valence-electron chi connectivity index (χ3n) is 4.58. The Morgan fingerprint density at radius 3 is 1.25 bits per heavy atom. The first-order valence-corrected chi connectivity index (χ1v) is 10.0. The van der Waals surface area contributed by atoms with Crippen LogP contribution < -0.4 is 0 Å². The van der Waals surface area contributed by atoms with E-state index in [0.717, 1.165) is 64.5 Å². The van der Waals surface area contributed by atoms with Crippen LogP contribution in [0.15, 0.2) is 0 Å². The Balaban J connectivity index is 3.48. The van der Waals surface area contributed by atoms with Gasteiger partial charge in [0.1, 0.15) is 0 Å². The number of hydrogen-bond donors (Lipinski definition) is 0. The van der Waals surface area contributed by atoms with E-state index in [0.29, 0.717) is 12.8 Å². The van der Waals surface area contributed by atoms with Crippen molar-refractivity contribution in [3.63, 3.8) is 0 Å². The molecule has 0 aromatic carbocycles. The lowest BCUT2D eigenvalue weighted by atomic mass is 10.1. The number of rotatable bonds is 15. The minimum absolute atomic E-state index is 0.282. The van der Waals surface area contributed by atoms with Gasteiger partial charge in [0.15, 0.2) is 0 Å². The molecular formula is C20H40N2O2. The van der Waals surface area contributed by atoms with E-state index in [1.165, 1.54) is 12.8 Å². The van der Waals surface area contributed by atoms with Crippen molar-refractivity contribution < 1.29 is 9.59 Å². The Kier molecular flexibility index (Phi) is 14.8. The van der Waals surface area contributed by atoms with Gasteiger partial charge in [-0.05, 0) is 25.7 Å². The van der Waals surface area contributed by atoms with E-state index in [2.05, 4.69) is 13.8 Å². The molecule has 0 radical (unpaired) electrons. The van der Waals surface area contributed by atoms with Gasteiger partial charge in [-0.3, -0.25) is 9.59 Å². The topological polar surface area (TPSA) is 40.6 Å². The van der Waals surface area contributed by atoms with E-state index in [1.54, 1.807) is 0 Å². The Bertz CT molecular complexity index is 300. The molecule has 0 heterocycles. The number of nitrogens with zero attached hydrogens (tertiary/aromatic N) is 2. The van der Waals surface area contributed by atoms with Crippen molar-refractivity contribution in [1.82, 2.24) is 9.80 Å². The summed E-state index contributed by atoms with van der Waals surface area (Å²) < 4.78 is 0. The van der Waals surface area contributed by atoms with Gasteiger partial charge in [-0.2, -0.15) is 0 Å². The standard InChI is InChI=1S/C20H40N2O2/c1-5-7-17-21(3)19(23)15-13-11-9-10-12-14-16-20(24)22(4)18-8-6-2/h5-18H2,1-4H3. The number of carbonyl (C=O) groups excluding carboxylic acids is 2. The second kappa shape index (κ2) is 15.5. The summed E-state index contributed by atoms with van der Waals surface area (Å²) in [5, 5.41) is 0. The molecule has 2 amide bonds. The molecule has 0 aromatic heterocycles. The first-order chi connectivity index (χ1) is 11.5. The molecule has 4 nitrogen and oxygen atoms in total. The van der Waals surface area contributed by atoms with Gasteiger partial charge < -0.3 is 9.80 Å². The lowest BCUT2D eigenvalue weighted by Gasteiger charge is -2.16. The quantitative estimate of drug-likeness (QED) is 0.408. The zero-order valence-electron chi connectivity index (χ0n) is 16.6. The lowest BCUT2D eigenvalue weighted by Crippen LogP contribution is -2.27. The van der Waals surface area contributed by atoms with E-state index in [1.807, 2.05) is 23.9 Å². The lowest BCUT2D eigenvalue weighted by molar-refractivity contribution is -0.130. The molecule has 0 aliphatic heterocycles. The second-order valence-electron chi connectivity index (χ2n) is 6.96. The molecule has 0 atom stereocenters. The molecule has 0 saturated carbocycles. The van der Waals surface area contributed by atoms with Crippen molar-refractivity contribution in [2.45, 2.75) is 90.9 Å². The molecule has 0 aromatic rings. The van der Waals surface area contributed by atoms with E-state index in [4.69, 9.17) is 0 Å². The predicted octanol–water partition coefficient (Wildman–Crippen LogP) is 4.62. The predicted molar refractivity (Wildman–Crippen MR) is 102 cm³/mol. The van der Waals surface area contributed by atoms with Crippen LogP contribution in [-0.4, -0.2) is 48.8 Å². The van der Waals surface area contributed by atoms with Crippen molar-refractivity contribution in [2.75, 3.05) is 27.2 Å². The molecule has 0 bridgehead atoms. The molecule has 0 aliphatic rings. The van der Waals surface area contributed by atoms with Crippen LogP contribution in [0.25, 0.3) is 0 Å². The summed E-state index contributed by atoms with van der Waals surface area (Å²) in [5.74, 6) is 0.563. The summed E-state index contributed by atoms with van der Waals surface area (Å²) >= 11 is 0. The summed E-state index contributed by atoms with van der Waals surface area (Å²) in [4.78, 5) is 27.5. The van der Waals surface area contributed by atoms with Gasteiger partial charge in [0.25, 0.3) is 0 Å². The SMILES string of the molecule is CCCCN(C)C(=O)CCCCCCCCC(=O)N(C)CCCC. The molecule has 0 aliphatic carbocycles. The monoisotopic (exact) mass is 340 g/mol. The van der Waals surface area contributed by atoms with Crippen LogP contribution in [0, 0.1) is 0 Å².